The molecule has 0 aliphatic rings. The van der Waals surface area contributed by atoms with Crippen LogP contribution in [0.1, 0.15) is 24.0 Å². The first kappa shape index (κ1) is 15.8. The molecule has 0 saturated heterocycles. The monoisotopic (exact) mass is 285 g/mol. The highest BCUT2D eigenvalue weighted by Crippen LogP contribution is 2.31. The number of nitrogens with one attached hydrogen (secondary N) is 1. The minimum Gasteiger partial charge on any atom is -0.313 e. The number of alkyl halides is 6. The normalized spacial score (nSPS) is 12.7. The Balaban J connectivity index is 2.46. The summed E-state index contributed by atoms with van der Waals surface area (Å²) < 4.78 is 73.4. The first-order chi connectivity index (χ1) is 8.70. The molecule has 19 heavy (non-hydrogen) atoms. The molecule has 0 aliphatic carbocycles. The zero-order valence-corrected chi connectivity index (χ0v) is 9.91. The van der Waals surface area contributed by atoms with Crippen molar-refractivity contribution in [3.63, 3.8) is 0 Å². The van der Waals surface area contributed by atoms with Crippen LogP contribution in [0.3, 0.4) is 0 Å². The standard InChI is InChI=1S/C12H13F6N/c13-11(14,15)6-3-7-19-8-9-4-1-2-5-10(9)12(16,17)18/h1-2,4-5,19H,3,6-8H2. The Bertz CT molecular complexity index is 396. The van der Waals surface area contributed by atoms with Gasteiger partial charge in [0.15, 0.2) is 0 Å². The van der Waals surface area contributed by atoms with Crippen LogP contribution in [-0.4, -0.2) is 12.7 Å². The molecule has 0 spiro atoms. The summed E-state index contributed by atoms with van der Waals surface area (Å²) in [6.07, 6.45) is -9.78. The molecule has 1 aromatic carbocycles. The molecule has 108 valence electrons. The third-order valence-electron chi connectivity index (χ3n) is 2.45. The van der Waals surface area contributed by atoms with Crippen molar-refractivity contribution in [2.45, 2.75) is 31.7 Å². The molecule has 0 amide bonds. The Morgan fingerprint density at radius 1 is 0.947 bits per heavy atom. The van der Waals surface area contributed by atoms with Crippen molar-refractivity contribution in [2.24, 2.45) is 0 Å². The third-order valence-corrected chi connectivity index (χ3v) is 2.45. The molecule has 1 aromatic rings. The molecule has 1 rings (SSSR count). The highest BCUT2D eigenvalue weighted by molar-refractivity contribution is 5.29. The van der Waals surface area contributed by atoms with E-state index in [2.05, 4.69) is 5.32 Å². The molecule has 0 atom stereocenters. The van der Waals surface area contributed by atoms with E-state index in [-0.39, 0.29) is 25.1 Å². The molecule has 0 saturated carbocycles. The Labute approximate surface area is 106 Å². The van der Waals surface area contributed by atoms with Crippen molar-refractivity contribution in [1.82, 2.24) is 5.32 Å². The second-order valence-corrected chi connectivity index (χ2v) is 4.05. The van der Waals surface area contributed by atoms with E-state index < -0.39 is 24.3 Å². The molecular formula is C12H13F6N. The maximum Gasteiger partial charge on any atom is 0.416 e. The second-order valence-electron chi connectivity index (χ2n) is 4.05. The van der Waals surface area contributed by atoms with Gasteiger partial charge in [-0.1, -0.05) is 18.2 Å². The van der Waals surface area contributed by atoms with Crippen LogP contribution < -0.4 is 5.32 Å². The lowest BCUT2D eigenvalue weighted by Gasteiger charge is -2.13. The zero-order valence-electron chi connectivity index (χ0n) is 9.91. The number of hydrogen-bond acceptors (Lipinski definition) is 1. The van der Waals surface area contributed by atoms with Gasteiger partial charge in [-0.25, -0.2) is 0 Å². The SMILES string of the molecule is FC(F)(F)CCCNCc1ccccc1C(F)(F)F. The molecule has 0 bridgehead atoms. The predicted molar refractivity (Wildman–Crippen MR) is 58.4 cm³/mol. The summed E-state index contributed by atoms with van der Waals surface area (Å²) in [5.41, 5.74) is -0.736. The van der Waals surface area contributed by atoms with Crippen molar-refractivity contribution < 1.29 is 26.3 Å². The largest absolute Gasteiger partial charge is 0.416 e. The fourth-order valence-corrected chi connectivity index (χ4v) is 1.59. The molecule has 0 aromatic heterocycles. The smallest absolute Gasteiger partial charge is 0.313 e. The summed E-state index contributed by atoms with van der Waals surface area (Å²) in [4.78, 5) is 0. The van der Waals surface area contributed by atoms with Gasteiger partial charge in [0, 0.05) is 13.0 Å². The van der Waals surface area contributed by atoms with Gasteiger partial charge in [-0.2, -0.15) is 26.3 Å². The van der Waals surface area contributed by atoms with Gasteiger partial charge in [-0.15, -0.1) is 0 Å². The molecule has 0 radical (unpaired) electrons. The van der Waals surface area contributed by atoms with Crippen LogP contribution in [0.15, 0.2) is 24.3 Å². The van der Waals surface area contributed by atoms with Crippen molar-refractivity contribution in [3.05, 3.63) is 35.4 Å². The maximum atomic E-state index is 12.6. The molecule has 0 fully saturated rings. The van der Waals surface area contributed by atoms with Crippen molar-refractivity contribution in [3.8, 4) is 0 Å². The van der Waals surface area contributed by atoms with Gasteiger partial charge in [0.25, 0.3) is 0 Å². The Kier molecular flexibility index (Phi) is 5.22. The summed E-state index contributed by atoms with van der Waals surface area (Å²) in [6, 6.07) is 4.99. The van der Waals surface area contributed by atoms with Crippen molar-refractivity contribution in [1.29, 1.82) is 0 Å². The van der Waals surface area contributed by atoms with Crippen molar-refractivity contribution in [2.75, 3.05) is 6.54 Å². The second kappa shape index (κ2) is 6.27. The molecule has 0 unspecified atom stereocenters. The lowest BCUT2D eigenvalue weighted by atomic mass is 10.1. The zero-order chi connectivity index (χ0) is 14.5. The van der Waals surface area contributed by atoms with Gasteiger partial charge in [-0.05, 0) is 24.6 Å². The number of halogens is 6. The molecule has 7 heteroatoms. The van der Waals surface area contributed by atoms with Crippen LogP contribution in [0, 0.1) is 0 Å². The summed E-state index contributed by atoms with van der Waals surface area (Å²) in [5.74, 6) is 0. The van der Waals surface area contributed by atoms with Gasteiger partial charge >= 0.3 is 12.4 Å². The molecular weight excluding hydrogens is 272 g/mol. The average molecular weight is 285 g/mol. The van der Waals surface area contributed by atoms with Crippen LogP contribution >= 0.6 is 0 Å². The predicted octanol–water partition coefficient (Wildman–Crippen LogP) is 4.14. The third kappa shape index (κ3) is 5.96. The van der Waals surface area contributed by atoms with Gasteiger partial charge < -0.3 is 5.32 Å². The summed E-state index contributed by atoms with van der Waals surface area (Å²) in [5, 5.41) is 2.59. The number of rotatable bonds is 5. The molecule has 0 aliphatic heterocycles. The van der Waals surface area contributed by atoms with E-state index in [1.807, 2.05) is 0 Å². The number of benzene rings is 1. The van der Waals surface area contributed by atoms with Gasteiger partial charge in [-0.3, -0.25) is 0 Å². The fourth-order valence-electron chi connectivity index (χ4n) is 1.59. The minimum atomic E-state index is -4.45. The van der Waals surface area contributed by atoms with E-state index in [1.54, 1.807) is 0 Å². The van der Waals surface area contributed by atoms with Crippen LogP contribution in [0.2, 0.25) is 0 Å². The topological polar surface area (TPSA) is 12.0 Å². The lowest BCUT2D eigenvalue weighted by molar-refractivity contribution is -0.138. The fraction of sp³-hybridized carbons (Fsp3) is 0.500. The highest BCUT2D eigenvalue weighted by Gasteiger charge is 2.32. The maximum absolute atomic E-state index is 12.6. The molecule has 1 nitrogen and oxygen atoms in total. The molecule has 1 N–H and O–H groups in total. The van der Waals surface area contributed by atoms with E-state index in [0.717, 1.165) is 6.07 Å². The molecule has 0 heterocycles. The Hall–Kier alpha value is -1.24. The summed E-state index contributed by atoms with van der Waals surface area (Å²) >= 11 is 0. The van der Waals surface area contributed by atoms with Crippen molar-refractivity contribution >= 4 is 0 Å². The van der Waals surface area contributed by atoms with Gasteiger partial charge in [0.2, 0.25) is 0 Å². The van der Waals surface area contributed by atoms with Crippen LogP contribution in [-0.2, 0) is 12.7 Å². The van der Waals surface area contributed by atoms with Crippen LogP contribution in [0.25, 0.3) is 0 Å². The first-order valence-electron chi connectivity index (χ1n) is 5.63. The first-order valence-corrected chi connectivity index (χ1v) is 5.63. The average Bonchev–Trinajstić information content (AvgIpc) is 2.26. The Morgan fingerprint density at radius 3 is 2.16 bits per heavy atom. The van der Waals surface area contributed by atoms with Gasteiger partial charge in [0.05, 0.1) is 5.56 Å². The van der Waals surface area contributed by atoms with Gasteiger partial charge in [0.1, 0.15) is 0 Å². The quantitative estimate of drug-likeness (QED) is 0.633. The van der Waals surface area contributed by atoms with E-state index in [4.69, 9.17) is 0 Å². The summed E-state index contributed by atoms with van der Waals surface area (Å²) in [7, 11) is 0. The minimum absolute atomic E-state index is 0.0195. The highest BCUT2D eigenvalue weighted by atomic mass is 19.4. The van der Waals surface area contributed by atoms with Crippen LogP contribution in [0.5, 0.6) is 0 Å². The van der Waals surface area contributed by atoms with Crippen LogP contribution in [0.4, 0.5) is 26.3 Å². The summed E-state index contributed by atoms with van der Waals surface area (Å²) in [6.45, 7) is -0.0841. The van der Waals surface area contributed by atoms with E-state index in [0.29, 0.717) is 0 Å². The van der Waals surface area contributed by atoms with E-state index in [9.17, 15) is 26.3 Å². The lowest BCUT2D eigenvalue weighted by Crippen LogP contribution is -2.20. The van der Waals surface area contributed by atoms with E-state index in [1.165, 1.54) is 18.2 Å². The van der Waals surface area contributed by atoms with E-state index >= 15 is 0 Å². The number of hydrogen-bond donors (Lipinski definition) is 1. The Morgan fingerprint density at radius 2 is 1.58 bits per heavy atom.